The van der Waals surface area contributed by atoms with Crippen molar-refractivity contribution in [3.05, 3.63) is 90.0 Å². The molecule has 206 valence electrons. The van der Waals surface area contributed by atoms with Gasteiger partial charge in [0, 0.05) is 11.5 Å². The van der Waals surface area contributed by atoms with Gasteiger partial charge < -0.3 is 9.47 Å². The monoisotopic (exact) mass is 530 g/mol. The Morgan fingerprint density at radius 3 is 2.08 bits per heavy atom. The third kappa shape index (κ3) is 6.44. The molecule has 0 spiro atoms. The minimum absolute atomic E-state index is 0.0408. The molecule has 2 unspecified atom stereocenters. The van der Waals surface area contributed by atoms with Crippen LogP contribution in [0.1, 0.15) is 70.3 Å². The van der Waals surface area contributed by atoms with E-state index in [4.69, 9.17) is 9.47 Å². The molecule has 2 aliphatic rings. The van der Waals surface area contributed by atoms with E-state index in [1.807, 2.05) is 31.2 Å². The van der Waals surface area contributed by atoms with Crippen LogP contribution in [-0.2, 0) is 4.74 Å². The average Bonchev–Trinajstić information content (AvgIpc) is 2.99. The van der Waals surface area contributed by atoms with E-state index in [0.717, 1.165) is 42.4 Å². The summed E-state index contributed by atoms with van der Waals surface area (Å²) >= 11 is 0. The number of halogens is 2. The van der Waals surface area contributed by atoms with Crippen molar-refractivity contribution >= 4 is 0 Å². The lowest BCUT2D eigenvalue weighted by molar-refractivity contribution is -0.0419. The Labute approximate surface area is 232 Å². The molecule has 0 bridgehead atoms. The highest BCUT2D eigenvalue weighted by Gasteiger charge is 2.31. The number of rotatable bonds is 8. The summed E-state index contributed by atoms with van der Waals surface area (Å²) < 4.78 is 40.9. The third-order valence-electron chi connectivity index (χ3n) is 8.54. The maximum absolute atomic E-state index is 14.7. The Morgan fingerprint density at radius 1 is 0.795 bits per heavy atom. The second kappa shape index (κ2) is 12.9. The third-order valence-corrected chi connectivity index (χ3v) is 8.54. The maximum Gasteiger partial charge on any atom is 0.201 e. The number of hydrogen-bond donors (Lipinski definition) is 0. The molecule has 3 aromatic rings. The summed E-state index contributed by atoms with van der Waals surface area (Å²) in [6.07, 6.45) is 13.2. The highest BCUT2D eigenvalue weighted by molar-refractivity contribution is 5.71. The van der Waals surface area contributed by atoms with Gasteiger partial charge in [0.2, 0.25) is 5.82 Å². The van der Waals surface area contributed by atoms with Gasteiger partial charge in [-0.2, -0.15) is 4.39 Å². The van der Waals surface area contributed by atoms with Crippen molar-refractivity contribution in [2.75, 3.05) is 13.2 Å². The predicted octanol–water partition coefficient (Wildman–Crippen LogP) is 9.73. The van der Waals surface area contributed by atoms with Crippen molar-refractivity contribution in [3.63, 3.8) is 0 Å². The summed E-state index contributed by atoms with van der Waals surface area (Å²) in [5, 5.41) is 0. The zero-order valence-electron chi connectivity index (χ0n) is 23.2. The van der Waals surface area contributed by atoms with Gasteiger partial charge >= 0.3 is 0 Å². The fourth-order valence-corrected chi connectivity index (χ4v) is 6.26. The van der Waals surface area contributed by atoms with E-state index in [-0.39, 0.29) is 11.3 Å². The highest BCUT2D eigenvalue weighted by Crippen LogP contribution is 2.39. The summed E-state index contributed by atoms with van der Waals surface area (Å²) in [4.78, 5) is 0. The topological polar surface area (TPSA) is 18.5 Å². The Kier molecular flexibility index (Phi) is 9.13. The first-order valence-electron chi connectivity index (χ1n) is 14.6. The second-order valence-corrected chi connectivity index (χ2v) is 11.1. The molecule has 5 rings (SSSR count). The van der Waals surface area contributed by atoms with E-state index >= 15 is 0 Å². The molecule has 0 amide bonds. The summed E-state index contributed by atoms with van der Waals surface area (Å²) in [5.41, 5.74) is 4.35. The Morgan fingerprint density at radius 2 is 1.46 bits per heavy atom. The minimum Gasteiger partial charge on any atom is -0.490 e. The molecule has 2 atom stereocenters. The van der Waals surface area contributed by atoms with Gasteiger partial charge in [-0.15, -0.1) is 0 Å². The Bertz CT molecular complexity index is 1230. The first kappa shape index (κ1) is 27.6. The van der Waals surface area contributed by atoms with E-state index in [1.165, 1.54) is 43.7 Å². The highest BCUT2D eigenvalue weighted by atomic mass is 19.2. The molecule has 1 aliphatic carbocycles. The predicted molar refractivity (Wildman–Crippen MR) is 155 cm³/mol. The molecule has 0 aromatic heterocycles. The van der Waals surface area contributed by atoms with Gasteiger partial charge in [-0.25, -0.2) is 4.39 Å². The van der Waals surface area contributed by atoms with Crippen molar-refractivity contribution in [2.45, 2.75) is 70.8 Å². The molecule has 0 N–H and O–H groups in total. The Hall–Kier alpha value is -2.98. The summed E-state index contributed by atoms with van der Waals surface area (Å²) in [5.74, 6) is 0.0722. The fraction of sp³-hybridized carbons (Fsp3) is 0.429. The van der Waals surface area contributed by atoms with Crippen LogP contribution < -0.4 is 4.74 Å². The lowest BCUT2D eigenvalue weighted by Crippen LogP contribution is -2.33. The molecule has 3 aromatic carbocycles. The minimum atomic E-state index is -0.935. The van der Waals surface area contributed by atoms with Crippen molar-refractivity contribution in [3.8, 4) is 28.0 Å². The van der Waals surface area contributed by atoms with E-state index in [0.29, 0.717) is 24.2 Å². The number of benzene rings is 3. The van der Waals surface area contributed by atoms with Crippen LogP contribution in [0.5, 0.6) is 5.75 Å². The second-order valence-electron chi connectivity index (χ2n) is 11.1. The normalized spacial score (nSPS) is 23.7. The first-order valence-corrected chi connectivity index (χ1v) is 14.6. The molecule has 1 saturated carbocycles. The van der Waals surface area contributed by atoms with Crippen LogP contribution in [0.3, 0.4) is 0 Å². The van der Waals surface area contributed by atoms with Crippen LogP contribution in [0, 0.1) is 23.5 Å². The van der Waals surface area contributed by atoms with Gasteiger partial charge in [0.1, 0.15) is 0 Å². The van der Waals surface area contributed by atoms with Crippen LogP contribution in [0.25, 0.3) is 22.3 Å². The number of hydrogen-bond acceptors (Lipinski definition) is 2. The zero-order valence-corrected chi connectivity index (χ0v) is 23.2. The van der Waals surface area contributed by atoms with Crippen LogP contribution in [0.4, 0.5) is 8.78 Å². The summed E-state index contributed by atoms with van der Waals surface area (Å²) in [6, 6.07) is 19.4. The van der Waals surface area contributed by atoms with E-state index < -0.39 is 11.6 Å². The van der Waals surface area contributed by atoms with E-state index in [9.17, 15) is 8.78 Å². The lowest BCUT2D eigenvalue weighted by Gasteiger charge is -2.37. The largest absolute Gasteiger partial charge is 0.490 e. The average molecular weight is 531 g/mol. The van der Waals surface area contributed by atoms with Gasteiger partial charge in [0.25, 0.3) is 0 Å². The summed E-state index contributed by atoms with van der Waals surface area (Å²) in [7, 11) is 0. The van der Waals surface area contributed by atoms with Crippen LogP contribution in [0.15, 0.2) is 72.8 Å². The smallest absolute Gasteiger partial charge is 0.201 e. The molecular formula is C35H40F2O2. The molecule has 0 radical (unpaired) electrons. The van der Waals surface area contributed by atoms with Crippen molar-refractivity contribution in [1.29, 1.82) is 0 Å². The van der Waals surface area contributed by atoms with Crippen molar-refractivity contribution in [1.82, 2.24) is 0 Å². The number of ether oxygens (including phenoxy) is 2. The molecular weight excluding hydrogens is 490 g/mol. The van der Waals surface area contributed by atoms with Gasteiger partial charge in [0.15, 0.2) is 11.6 Å². The summed E-state index contributed by atoms with van der Waals surface area (Å²) in [6.45, 7) is 5.21. The molecule has 1 saturated heterocycles. The van der Waals surface area contributed by atoms with Crippen LogP contribution in [-0.4, -0.2) is 19.3 Å². The van der Waals surface area contributed by atoms with Gasteiger partial charge in [-0.05, 0) is 98.1 Å². The molecule has 1 heterocycles. The first-order chi connectivity index (χ1) is 19.1. The van der Waals surface area contributed by atoms with Crippen LogP contribution in [0.2, 0.25) is 0 Å². The maximum atomic E-state index is 14.7. The fourth-order valence-electron chi connectivity index (χ4n) is 6.26. The van der Waals surface area contributed by atoms with Gasteiger partial charge in [0.05, 0.1) is 19.3 Å². The molecule has 4 heteroatoms. The van der Waals surface area contributed by atoms with Crippen LogP contribution >= 0.6 is 0 Å². The lowest BCUT2D eigenvalue weighted by atomic mass is 9.76. The quantitative estimate of drug-likeness (QED) is 0.270. The Balaban J connectivity index is 1.18. The molecule has 2 fully saturated rings. The van der Waals surface area contributed by atoms with Gasteiger partial charge in [-0.3, -0.25) is 0 Å². The number of allylic oxidation sites excluding steroid dienone is 2. The van der Waals surface area contributed by atoms with Crippen molar-refractivity contribution in [2.24, 2.45) is 11.8 Å². The molecule has 1 aliphatic heterocycles. The zero-order chi connectivity index (χ0) is 27.2. The van der Waals surface area contributed by atoms with E-state index in [2.05, 4.69) is 43.3 Å². The van der Waals surface area contributed by atoms with E-state index in [1.54, 1.807) is 6.07 Å². The molecule has 2 nitrogen and oxygen atoms in total. The van der Waals surface area contributed by atoms with Crippen molar-refractivity contribution < 1.29 is 18.3 Å². The molecule has 39 heavy (non-hydrogen) atoms. The standard InChI is InChI=1S/C35H40F2O2/c1-3-5-24-6-8-29(9-7-24)32-20-18-30(23-39-32)27-12-10-25(11-13-27)26-14-16-28(17-15-26)31-19-21-33(38-22-4-2)35(37)34(31)36/h3,5,10-17,19,21,24,29-30,32H,4,6-9,18,20,22-23H2,1-2H3/b5-3+. The van der Waals surface area contributed by atoms with Gasteiger partial charge in [-0.1, -0.05) is 67.6 Å². The SMILES string of the molecule is C/C=C/C1CCC(C2CCC(c3ccc(-c4ccc(-c5ccc(OCCC)c(F)c5F)cc4)cc3)CO2)CC1.